The van der Waals surface area contributed by atoms with Crippen LogP contribution in [-0.4, -0.2) is 32.4 Å². The van der Waals surface area contributed by atoms with Crippen LogP contribution < -0.4 is 14.2 Å². The molecule has 7 nitrogen and oxygen atoms in total. The van der Waals surface area contributed by atoms with Crippen molar-refractivity contribution < 1.29 is 22.3 Å². The van der Waals surface area contributed by atoms with Crippen LogP contribution in [0, 0.1) is 19.7 Å². The van der Waals surface area contributed by atoms with Gasteiger partial charge in [-0.15, -0.1) is 0 Å². The summed E-state index contributed by atoms with van der Waals surface area (Å²) in [6, 6.07) is 10.6. The summed E-state index contributed by atoms with van der Waals surface area (Å²) in [7, 11) is -0.968. The van der Waals surface area contributed by atoms with Gasteiger partial charge < -0.3 is 9.47 Å². The molecular formula is C20H22FN3O4S. The number of halogens is 1. The second kappa shape index (κ2) is 8.12. The van der Waals surface area contributed by atoms with E-state index >= 15 is 0 Å². The third-order valence-corrected chi connectivity index (χ3v) is 5.85. The standard InChI is InChI=1S/C20H22FN3O4S/c1-13-20(14(2)24(22-13)12-15-6-5-7-16(21)10-15)23-29(25,26)17-8-9-18(27-3)19(11-17)28-4/h5-11,23H,12H2,1-4H3. The van der Waals surface area contributed by atoms with Crippen LogP contribution >= 0.6 is 0 Å². The number of aryl methyl sites for hydroxylation is 1. The number of sulfonamides is 1. The molecule has 154 valence electrons. The number of nitrogens with one attached hydrogen (secondary N) is 1. The van der Waals surface area contributed by atoms with Crippen molar-refractivity contribution in [1.29, 1.82) is 0 Å². The molecule has 0 aliphatic rings. The second-order valence-corrected chi connectivity index (χ2v) is 8.14. The molecule has 3 aromatic rings. The van der Waals surface area contributed by atoms with E-state index in [1.54, 1.807) is 30.7 Å². The Morgan fingerprint density at radius 2 is 1.79 bits per heavy atom. The molecule has 0 spiro atoms. The molecule has 0 fully saturated rings. The Balaban J connectivity index is 1.91. The molecule has 0 saturated carbocycles. The molecule has 0 amide bonds. The summed E-state index contributed by atoms with van der Waals surface area (Å²) in [6.07, 6.45) is 0. The van der Waals surface area contributed by atoms with E-state index in [9.17, 15) is 12.8 Å². The third-order valence-electron chi connectivity index (χ3n) is 4.50. The van der Waals surface area contributed by atoms with Gasteiger partial charge in [-0.1, -0.05) is 12.1 Å². The van der Waals surface area contributed by atoms with Gasteiger partial charge in [-0.25, -0.2) is 12.8 Å². The lowest BCUT2D eigenvalue weighted by Gasteiger charge is -2.12. The lowest BCUT2D eigenvalue weighted by atomic mass is 10.2. The molecule has 1 heterocycles. The topological polar surface area (TPSA) is 82.5 Å². The number of rotatable bonds is 7. The summed E-state index contributed by atoms with van der Waals surface area (Å²) in [4.78, 5) is 0.0341. The Bertz CT molecular complexity index is 1140. The van der Waals surface area contributed by atoms with Gasteiger partial charge in [0, 0.05) is 6.07 Å². The monoisotopic (exact) mass is 419 g/mol. The number of methoxy groups -OCH3 is 2. The Labute approximate surface area is 169 Å². The molecule has 0 unspecified atom stereocenters. The summed E-state index contributed by atoms with van der Waals surface area (Å²) in [5, 5.41) is 4.40. The van der Waals surface area contributed by atoms with E-state index < -0.39 is 10.0 Å². The van der Waals surface area contributed by atoms with Crippen LogP contribution in [0.5, 0.6) is 11.5 Å². The number of hydrogen-bond acceptors (Lipinski definition) is 5. The van der Waals surface area contributed by atoms with E-state index in [2.05, 4.69) is 9.82 Å². The van der Waals surface area contributed by atoms with Gasteiger partial charge in [0.1, 0.15) is 5.82 Å². The third kappa shape index (κ3) is 4.34. The molecule has 2 aromatic carbocycles. The maximum Gasteiger partial charge on any atom is 0.262 e. The Kier molecular flexibility index (Phi) is 5.78. The van der Waals surface area contributed by atoms with Crippen molar-refractivity contribution in [2.24, 2.45) is 0 Å². The normalized spacial score (nSPS) is 11.3. The van der Waals surface area contributed by atoms with Gasteiger partial charge >= 0.3 is 0 Å². The SMILES string of the molecule is COc1ccc(S(=O)(=O)Nc2c(C)nn(Cc3cccc(F)c3)c2C)cc1OC. The summed E-state index contributed by atoms with van der Waals surface area (Å²) < 4.78 is 53.8. The predicted octanol–water partition coefficient (Wildman–Crippen LogP) is 3.51. The van der Waals surface area contributed by atoms with Crippen LogP contribution in [-0.2, 0) is 16.6 Å². The van der Waals surface area contributed by atoms with E-state index in [0.717, 1.165) is 5.56 Å². The highest BCUT2D eigenvalue weighted by Crippen LogP contribution is 2.31. The molecule has 0 saturated heterocycles. The molecule has 29 heavy (non-hydrogen) atoms. The molecule has 0 aliphatic carbocycles. The van der Waals surface area contributed by atoms with Gasteiger partial charge in [-0.05, 0) is 43.7 Å². The maximum atomic E-state index is 13.4. The molecule has 0 aliphatic heterocycles. The first-order valence-corrected chi connectivity index (χ1v) is 10.3. The Morgan fingerprint density at radius 3 is 2.45 bits per heavy atom. The van der Waals surface area contributed by atoms with E-state index in [-0.39, 0.29) is 10.7 Å². The fourth-order valence-corrected chi connectivity index (χ4v) is 4.18. The number of hydrogen-bond donors (Lipinski definition) is 1. The lowest BCUT2D eigenvalue weighted by Crippen LogP contribution is -2.14. The average Bonchev–Trinajstić information content (AvgIpc) is 2.94. The Morgan fingerprint density at radius 1 is 1.07 bits per heavy atom. The highest BCUT2D eigenvalue weighted by Gasteiger charge is 2.21. The number of aromatic nitrogens is 2. The van der Waals surface area contributed by atoms with E-state index in [1.807, 2.05) is 0 Å². The van der Waals surface area contributed by atoms with E-state index in [1.165, 1.54) is 44.6 Å². The molecule has 3 rings (SSSR count). The van der Waals surface area contributed by atoms with Crippen LogP contribution in [0.4, 0.5) is 10.1 Å². The quantitative estimate of drug-likeness (QED) is 0.634. The fraction of sp³-hybridized carbons (Fsp3) is 0.250. The highest BCUT2D eigenvalue weighted by molar-refractivity contribution is 7.92. The molecule has 1 N–H and O–H groups in total. The first-order chi connectivity index (χ1) is 13.7. The van der Waals surface area contributed by atoms with Gasteiger partial charge in [0.2, 0.25) is 0 Å². The molecular weight excluding hydrogens is 397 g/mol. The minimum atomic E-state index is -3.88. The van der Waals surface area contributed by atoms with Crippen LogP contribution in [0.3, 0.4) is 0 Å². The van der Waals surface area contributed by atoms with Crippen molar-refractivity contribution in [1.82, 2.24) is 9.78 Å². The number of ether oxygens (including phenoxy) is 2. The van der Waals surface area contributed by atoms with E-state index in [4.69, 9.17) is 9.47 Å². The van der Waals surface area contributed by atoms with Crippen molar-refractivity contribution in [2.75, 3.05) is 18.9 Å². The zero-order valence-corrected chi connectivity index (χ0v) is 17.4. The fourth-order valence-electron chi connectivity index (χ4n) is 2.98. The number of anilines is 1. The minimum absolute atomic E-state index is 0.0341. The largest absolute Gasteiger partial charge is 0.493 e. The second-order valence-electron chi connectivity index (χ2n) is 6.46. The van der Waals surface area contributed by atoms with Gasteiger partial charge in [0.15, 0.2) is 11.5 Å². The molecule has 0 bridgehead atoms. The smallest absolute Gasteiger partial charge is 0.262 e. The van der Waals surface area contributed by atoms with Gasteiger partial charge in [-0.2, -0.15) is 5.10 Å². The average molecular weight is 419 g/mol. The lowest BCUT2D eigenvalue weighted by molar-refractivity contribution is 0.354. The zero-order valence-electron chi connectivity index (χ0n) is 16.6. The summed E-state index contributed by atoms with van der Waals surface area (Å²) in [5.41, 5.74) is 2.25. The maximum absolute atomic E-state index is 13.4. The molecule has 1 aromatic heterocycles. The van der Waals surface area contributed by atoms with Crippen molar-refractivity contribution in [2.45, 2.75) is 25.3 Å². The minimum Gasteiger partial charge on any atom is -0.493 e. The van der Waals surface area contributed by atoms with E-state index in [0.29, 0.717) is 35.1 Å². The highest BCUT2D eigenvalue weighted by atomic mass is 32.2. The van der Waals surface area contributed by atoms with Crippen LogP contribution in [0.15, 0.2) is 47.4 Å². The first-order valence-electron chi connectivity index (χ1n) is 8.78. The summed E-state index contributed by atoms with van der Waals surface area (Å²) in [6.45, 7) is 3.79. The van der Waals surface area contributed by atoms with Gasteiger partial charge in [-0.3, -0.25) is 9.40 Å². The Hall–Kier alpha value is -3.07. The van der Waals surface area contributed by atoms with Crippen molar-refractivity contribution in [3.05, 3.63) is 65.2 Å². The van der Waals surface area contributed by atoms with Crippen LogP contribution in [0.25, 0.3) is 0 Å². The van der Waals surface area contributed by atoms with Crippen molar-refractivity contribution >= 4 is 15.7 Å². The molecule has 9 heteroatoms. The molecule has 0 atom stereocenters. The van der Waals surface area contributed by atoms with Crippen LogP contribution in [0.1, 0.15) is 17.0 Å². The van der Waals surface area contributed by atoms with Gasteiger partial charge in [0.25, 0.3) is 10.0 Å². The number of benzene rings is 2. The van der Waals surface area contributed by atoms with Crippen molar-refractivity contribution in [3.63, 3.8) is 0 Å². The number of nitrogens with zero attached hydrogens (tertiary/aromatic N) is 2. The zero-order chi connectivity index (χ0) is 21.2. The first kappa shape index (κ1) is 20.7. The summed E-state index contributed by atoms with van der Waals surface area (Å²) >= 11 is 0. The van der Waals surface area contributed by atoms with Crippen molar-refractivity contribution in [3.8, 4) is 11.5 Å². The van der Waals surface area contributed by atoms with Gasteiger partial charge in [0.05, 0.1) is 42.7 Å². The molecule has 0 radical (unpaired) electrons. The van der Waals surface area contributed by atoms with Crippen LogP contribution in [0.2, 0.25) is 0 Å². The summed E-state index contributed by atoms with van der Waals surface area (Å²) in [5.74, 6) is 0.408. The predicted molar refractivity (Wildman–Crippen MR) is 108 cm³/mol.